The molecule has 2 atom stereocenters. The van der Waals surface area contributed by atoms with Crippen LogP contribution in [0.15, 0.2) is 35.4 Å². The molecule has 2 aliphatic rings. The van der Waals surface area contributed by atoms with Crippen molar-refractivity contribution in [2.75, 3.05) is 19.4 Å². The third kappa shape index (κ3) is 3.94. The number of amides is 1. The number of carbonyl (C=O) groups excluding carboxylic acids is 2. The zero-order valence-electron chi connectivity index (χ0n) is 15.4. The Morgan fingerprint density at radius 1 is 1.33 bits per heavy atom. The summed E-state index contributed by atoms with van der Waals surface area (Å²) in [6.45, 7) is 2.87. The number of aryl methyl sites for hydroxylation is 1. The molecular formula is C20H23NO5S. The molecular weight excluding hydrogens is 366 g/mol. The Morgan fingerprint density at radius 3 is 2.67 bits per heavy atom. The summed E-state index contributed by atoms with van der Waals surface area (Å²) in [4.78, 5) is 39.3. The van der Waals surface area contributed by atoms with Gasteiger partial charge in [-0.3, -0.25) is 14.4 Å². The Hall–Kier alpha value is -2.12. The van der Waals surface area contributed by atoms with Crippen LogP contribution in [-0.4, -0.2) is 58.6 Å². The van der Waals surface area contributed by atoms with E-state index in [1.807, 2.05) is 25.3 Å². The largest absolute Gasteiger partial charge is 0.481 e. The number of hydrogen-bond donors (Lipinski definition) is 1. The highest BCUT2D eigenvalue weighted by Crippen LogP contribution is 2.37. The first kappa shape index (κ1) is 19.6. The van der Waals surface area contributed by atoms with Gasteiger partial charge < -0.3 is 14.7 Å². The number of ether oxygens (including phenoxy) is 1. The van der Waals surface area contributed by atoms with Crippen LogP contribution in [0.3, 0.4) is 0 Å². The molecule has 0 aliphatic carbocycles. The average Bonchev–Trinajstić information content (AvgIpc) is 3.23. The molecule has 1 aromatic rings. The molecule has 0 unspecified atom stereocenters. The van der Waals surface area contributed by atoms with E-state index in [2.05, 4.69) is 0 Å². The number of nitrogens with zero attached hydrogens (tertiary/aromatic N) is 1. The molecule has 27 heavy (non-hydrogen) atoms. The predicted octanol–water partition coefficient (Wildman–Crippen LogP) is 2.66. The summed E-state index contributed by atoms with van der Waals surface area (Å²) >= 11 is 1.37. The molecule has 1 fully saturated rings. The van der Waals surface area contributed by atoms with E-state index in [1.54, 1.807) is 17.0 Å². The number of carbonyl (C=O) groups is 3. The van der Waals surface area contributed by atoms with Crippen LogP contribution in [0.2, 0.25) is 0 Å². The first-order valence-electron chi connectivity index (χ1n) is 8.94. The lowest BCUT2D eigenvalue weighted by Gasteiger charge is -2.27. The fourth-order valence-corrected chi connectivity index (χ4v) is 4.60. The van der Waals surface area contributed by atoms with Crippen LogP contribution in [0.1, 0.15) is 35.2 Å². The fraction of sp³-hybridized carbons (Fsp3) is 0.450. The summed E-state index contributed by atoms with van der Waals surface area (Å²) in [5, 5.41) is 8.80. The Bertz CT molecular complexity index is 797. The van der Waals surface area contributed by atoms with Crippen molar-refractivity contribution in [2.24, 2.45) is 0 Å². The van der Waals surface area contributed by atoms with Crippen molar-refractivity contribution in [3.63, 3.8) is 0 Å². The third-order valence-corrected chi connectivity index (χ3v) is 5.92. The normalized spacial score (nSPS) is 22.6. The van der Waals surface area contributed by atoms with Crippen molar-refractivity contribution in [1.82, 2.24) is 4.90 Å². The summed E-state index contributed by atoms with van der Waals surface area (Å²) in [6, 6.07) is 7.16. The topological polar surface area (TPSA) is 83.9 Å². The van der Waals surface area contributed by atoms with Gasteiger partial charge in [0.25, 0.3) is 5.91 Å². The molecule has 0 bridgehead atoms. The Morgan fingerprint density at radius 2 is 2.07 bits per heavy atom. The average molecular weight is 389 g/mol. The Labute approximate surface area is 162 Å². The molecule has 144 valence electrons. The smallest absolute Gasteiger partial charge is 0.308 e. The highest BCUT2D eigenvalue weighted by molar-refractivity contribution is 7.99. The minimum Gasteiger partial charge on any atom is -0.481 e. The summed E-state index contributed by atoms with van der Waals surface area (Å²) in [5.74, 6) is -1.76. The van der Waals surface area contributed by atoms with Gasteiger partial charge in [-0.15, -0.1) is 11.8 Å². The van der Waals surface area contributed by atoms with Crippen LogP contribution in [0.25, 0.3) is 0 Å². The number of aliphatic carboxylic acids is 1. The maximum atomic E-state index is 13.3. The van der Waals surface area contributed by atoms with Gasteiger partial charge >= 0.3 is 5.97 Å². The number of Topliss-reactive ketones (excluding diaryl/α,β-unsaturated/α-hetero) is 1. The van der Waals surface area contributed by atoms with Crippen LogP contribution in [0.4, 0.5) is 0 Å². The Kier molecular flexibility index (Phi) is 6.01. The number of rotatable bonds is 7. The van der Waals surface area contributed by atoms with Crippen molar-refractivity contribution < 1.29 is 24.2 Å². The van der Waals surface area contributed by atoms with E-state index in [0.717, 1.165) is 18.4 Å². The van der Waals surface area contributed by atoms with E-state index in [9.17, 15) is 19.5 Å². The van der Waals surface area contributed by atoms with E-state index >= 15 is 0 Å². The number of carboxylic acid groups (broad SMARTS) is 1. The summed E-state index contributed by atoms with van der Waals surface area (Å²) < 4.78 is 5.65. The first-order valence-corrected chi connectivity index (χ1v) is 10.2. The van der Waals surface area contributed by atoms with Crippen molar-refractivity contribution in [1.29, 1.82) is 0 Å². The highest BCUT2D eigenvalue weighted by Gasteiger charge is 2.43. The lowest BCUT2D eigenvalue weighted by Crippen LogP contribution is -2.40. The fourth-order valence-electron chi connectivity index (χ4n) is 3.68. The molecule has 0 spiro atoms. The van der Waals surface area contributed by atoms with Crippen LogP contribution >= 0.6 is 11.8 Å². The molecule has 0 aromatic heterocycles. The molecule has 1 saturated heterocycles. The third-order valence-electron chi connectivity index (χ3n) is 4.98. The lowest BCUT2D eigenvalue weighted by atomic mass is 9.95. The SMILES string of the molecule is CS[C@H]1C(C(=O)c2ccccc2C)=C(CC(=O)O)C(=O)N1C[C@H]1CCCO1. The quantitative estimate of drug-likeness (QED) is 0.722. The number of hydrogen-bond acceptors (Lipinski definition) is 5. The monoisotopic (exact) mass is 389 g/mol. The minimum atomic E-state index is -1.12. The molecule has 1 N–H and O–H groups in total. The van der Waals surface area contributed by atoms with E-state index < -0.39 is 17.8 Å². The highest BCUT2D eigenvalue weighted by atomic mass is 32.2. The van der Waals surface area contributed by atoms with Crippen molar-refractivity contribution in [2.45, 2.75) is 37.7 Å². The molecule has 0 saturated carbocycles. The van der Waals surface area contributed by atoms with Gasteiger partial charge in [0, 0.05) is 29.9 Å². The second kappa shape index (κ2) is 8.27. The number of ketones is 1. The van der Waals surface area contributed by atoms with Crippen LogP contribution in [0.5, 0.6) is 0 Å². The molecule has 3 rings (SSSR count). The van der Waals surface area contributed by atoms with Crippen LogP contribution < -0.4 is 0 Å². The second-order valence-corrected chi connectivity index (χ2v) is 7.71. The molecule has 2 heterocycles. The maximum absolute atomic E-state index is 13.3. The number of benzene rings is 1. The van der Waals surface area contributed by atoms with Crippen molar-refractivity contribution >= 4 is 29.4 Å². The zero-order valence-corrected chi connectivity index (χ0v) is 16.3. The molecule has 6 nitrogen and oxygen atoms in total. The van der Waals surface area contributed by atoms with Gasteiger partial charge in [0.15, 0.2) is 5.78 Å². The van der Waals surface area contributed by atoms with Gasteiger partial charge in [0.05, 0.1) is 12.5 Å². The molecule has 2 aliphatic heterocycles. The standard InChI is InChI=1S/C20H23NO5S/c1-12-6-3-4-8-14(12)18(24)17-15(10-16(22)23)19(25)21(20(17)27-2)11-13-7-5-9-26-13/h3-4,6,8,13,20H,5,7,9-11H2,1-2H3,(H,22,23)/t13-,20+/m1/s1. The van der Waals surface area contributed by atoms with Gasteiger partial charge in [-0.25, -0.2) is 0 Å². The summed E-state index contributed by atoms with van der Waals surface area (Å²) in [5.41, 5.74) is 1.69. The van der Waals surface area contributed by atoms with E-state index in [1.165, 1.54) is 11.8 Å². The molecule has 1 amide bonds. The van der Waals surface area contributed by atoms with Crippen LogP contribution in [0, 0.1) is 6.92 Å². The van der Waals surface area contributed by atoms with E-state index in [-0.39, 0.29) is 23.4 Å². The lowest BCUT2D eigenvalue weighted by molar-refractivity contribution is -0.137. The summed E-state index contributed by atoms with van der Waals surface area (Å²) in [6.07, 6.45) is 3.11. The van der Waals surface area contributed by atoms with E-state index in [0.29, 0.717) is 24.3 Å². The maximum Gasteiger partial charge on any atom is 0.308 e. The predicted molar refractivity (Wildman–Crippen MR) is 103 cm³/mol. The minimum absolute atomic E-state index is 0.0670. The number of thioether (sulfide) groups is 1. The van der Waals surface area contributed by atoms with Gasteiger partial charge in [-0.2, -0.15) is 0 Å². The van der Waals surface area contributed by atoms with Gasteiger partial charge in [0.1, 0.15) is 5.37 Å². The molecule has 1 aromatic carbocycles. The van der Waals surface area contributed by atoms with E-state index in [4.69, 9.17) is 4.74 Å². The van der Waals surface area contributed by atoms with Gasteiger partial charge in [-0.05, 0) is 31.6 Å². The van der Waals surface area contributed by atoms with Gasteiger partial charge in [0.2, 0.25) is 0 Å². The number of carboxylic acids is 1. The first-order chi connectivity index (χ1) is 12.9. The molecule has 7 heteroatoms. The second-order valence-electron chi connectivity index (χ2n) is 6.79. The zero-order chi connectivity index (χ0) is 19.6. The van der Waals surface area contributed by atoms with Crippen molar-refractivity contribution in [3.8, 4) is 0 Å². The Balaban J connectivity index is 2.00. The summed E-state index contributed by atoms with van der Waals surface area (Å²) in [7, 11) is 0. The molecule has 0 radical (unpaired) electrons. The van der Waals surface area contributed by atoms with Crippen molar-refractivity contribution in [3.05, 3.63) is 46.5 Å². The van der Waals surface area contributed by atoms with Crippen LogP contribution in [-0.2, 0) is 14.3 Å². The van der Waals surface area contributed by atoms with Gasteiger partial charge in [-0.1, -0.05) is 24.3 Å².